The molecule has 0 aromatic rings. The van der Waals surface area contributed by atoms with Gasteiger partial charge in [-0.2, -0.15) is 0 Å². The first kappa shape index (κ1) is 14.0. The van der Waals surface area contributed by atoms with Crippen molar-refractivity contribution < 1.29 is 0 Å². The van der Waals surface area contributed by atoms with Crippen LogP contribution in [0.15, 0.2) is 0 Å². The summed E-state index contributed by atoms with van der Waals surface area (Å²) in [6.45, 7) is 11.4. The van der Waals surface area contributed by atoms with Crippen LogP contribution in [0.2, 0.25) is 0 Å². The Morgan fingerprint density at radius 3 is 2.56 bits per heavy atom. The minimum Gasteiger partial charge on any atom is -0.329 e. The highest BCUT2D eigenvalue weighted by Crippen LogP contribution is 2.27. The normalized spacial score (nSPS) is 31.3. The first-order valence-electron chi connectivity index (χ1n) is 7.05. The molecule has 1 aliphatic rings. The molecule has 1 fully saturated rings. The smallest absolute Gasteiger partial charge is 0.0246 e. The van der Waals surface area contributed by atoms with Gasteiger partial charge in [-0.1, -0.05) is 27.2 Å². The van der Waals surface area contributed by atoms with Gasteiger partial charge in [0, 0.05) is 25.2 Å². The van der Waals surface area contributed by atoms with Crippen molar-refractivity contribution in [2.75, 3.05) is 13.1 Å². The quantitative estimate of drug-likeness (QED) is 0.781. The number of rotatable bonds is 5. The second kappa shape index (κ2) is 6.61. The SMILES string of the molecule is CCCC(C)C(CN)N1CC(C)CCC1C. The molecule has 2 N–H and O–H groups in total. The zero-order valence-corrected chi connectivity index (χ0v) is 11.6. The fraction of sp³-hybridized carbons (Fsp3) is 1.00. The summed E-state index contributed by atoms with van der Waals surface area (Å²) in [5, 5.41) is 0. The van der Waals surface area contributed by atoms with Crippen molar-refractivity contribution in [1.29, 1.82) is 0 Å². The zero-order valence-electron chi connectivity index (χ0n) is 11.6. The molecule has 0 spiro atoms. The Hall–Kier alpha value is -0.0800. The molecule has 1 rings (SSSR count). The maximum atomic E-state index is 6.00. The van der Waals surface area contributed by atoms with E-state index < -0.39 is 0 Å². The Morgan fingerprint density at radius 2 is 2.00 bits per heavy atom. The molecule has 1 saturated heterocycles. The number of nitrogens with zero attached hydrogens (tertiary/aromatic N) is 1. The van der Waals surface area contributed by atoms with Gasteiger partial charge in [0.1, 0.15) is 0 Å². The summed E-state index contributed by atoms with van der Waals surface area (Å²) >= 11 is 0. The van der Waals surface area contributed by atoms with Gasteiger partial charge in [0.25, 0.3) is 0 Å². The van der Waals surface area contributed by atoms with E-state index in [1.54, 1.807) is 0 Å². The Kier molecular flexibility index (Phi) is 5.77. The lowest BCUT2D eigenvalue weighted by Gasteiger charge is -2.44. The average molecular weight is 226 g/mol. The fourth-order valence-corrected chi connectivity index (χ4v) is 3.13. The molecule has 2 heteroatoms. The second-order valence-electron chi connectivity index (χ2n) is 5.80. The van der Waals surface area contributed by atoms with Gasteiger partial charge in [-0.25, -0.2) is 0 Å². The van der Waals surface area contributed by atoms with E-state index in [1.807, 2.05) is 0 Å². The van der Waals surface area contributed by atoms with Crippen LogP contribution in [0.5, 0.6) is 0 Å². The molecule has 1 heterocycles. The Morgan fingerprint density at radius 1 is 1.31 bits per heavy atom. The lowest BCUT2D eigenvalue weighted by molar-refractivity contribution is 0.0524. The molecule has 0 bridgehead atoms. The summed E-state index contributed by atoms with van der Waals surface area (Å²) in [6, 6.07) is 1.32. The van der Waals surface area contributed by atoms with Crippen LogP contribution in [0.3, 0.4) is 0 Å². The van der Waals surface area contributed by atoms with Crippen LogP contribution < -0.4 is 5.73 Å². The molecule has 0 aromatic heterocycles. The highest BCUT2D eigenvalue weighted by molar-refractivity contribution is 4.86. The molecular formula is C14H30N2. The molecule has 4 unspecified atom stereocenters. The van der Waals surface area contributed by atoms with E-state index in [1.165, 1.54) is 32.2 Å². The summed E-state index contributed by atoms with van der Waals surface area (Å²) in [5.41, 5.74) is 6.00. The van der Waals surface area contributed by atoms with Gasteiger partial charge in [-0.15, -0.1) is 0 Å². The number of hydrogen-bond donors (Lipinski definition) is 1. The third-order valence-corrected chi connectivity index (χ3v) is 4.23. The monoisotopic (exact) mass is 226 g/mol. The Labute approximate surface area is 102 Å². The van der Waals surface area contributed by atoms with Crippen molar-refractivity contribution in [3.8, 4) is 0 Å². The van der Waals surface area contributed by atoms with E-state index in [2.05, 4.69) is 32.6 Å². The predicted molar refractivity (Wildman–Crippen MR) is 71.5 cm³/mol. The van der Waals surface area contributed by atoms with Crippen LogP contribution >= 0.6 is 0 Å². The summed E-state index contributed by atoms with van der Waals surface area (Å²) < 4.78 is 0. The minimum absolute atomic E-state index is 0.595. The molecule has 0 radical (unpaired) electrons. The Bertz CT molecular complexity index is 193. The van der Waals surface area contributed by atoms with Crippen molar-refractivity contribution in [2.45, 2.75) is 65.5 Å². The fourth-order valence-electron chi connectivity index (χ4n) is 3.13. The van der Waals surface area contributed by atoms with Crippen molar-refractivity contribution in [1.82, 2.24) is 4.90 Å². The minimum atomic E-state index is 0.595. The van der Waals surface area contributed by atoms with Gasteiger partial charge in [-0.3, -0.25) is 4.90 Å². The van der Waals surface area contributed by atoms with Crippen molar-refractivity contribution in [2.24, 2.45) is 17.6 Å². The van der Waals surface area contributed by atoms with Gasteiger partial charge >= 0.3 is 0 Å². The summed E-state index contributed by atoms with van der Waals surface area (Å²) in [6.07, 6.45) is 5.31. The number of hydrogen-bond acceptors (Lipinski definition) is 2. The number of piperidine rings is 1. The van der Waals surface area contributed by atoms with Gasteiger partial charge in [0.05, 0.1) is 0 Å². The van der Waals surface area contributed by atoms with E-state index in [0.29, 0.717) is 6.04 Å². The number of likely N-dealkylation sites (tertiary alicyclic amines) is 1. The van der Waals surface area contributed by atoms with Crippen LogP contribution in [0.25, 0.3) is 0 Å². The van der Waals surface area contributed by atoms with Crippen LogP contribution in [-0.2, 0) is 0 Å². The van der Waals surface area contributed by atoms with E-state index in [-0.39, 0.29) is 0 Å². The first-order valence-corrected chi connectivity index (χ1v) is 7.05. The van der Waals surface area contributed by atoms with Gasteiger partial charge in [-0.05, 0) is 38.0 Å². The lowest BCUT2D eigenvalue weighted by Crippen LogP contribution is -2.52. The van der Waals surface area contributed by atoms with E-state index in [9.17, 15) is 0 Å². The maximum Gasteiger partial charge on any atom is 0.0246 e. The second-order valence-corrected chi connectivity index (χ2v) is 5.80. The molecule has 0 aromatic carbocycles. The molecule has 0 amide bonds. The van der Waals surface area contributed by atoms with Crippen LogP contribution in [0, 0.1) is 11.8 Å². The number of nitrogens with two attached hydrogens (primary N) is 1. The Balaban J connectivity index is 2.62. The summed E-state index contributed by atoms with van der Waals surface area (Å²) in [7, 11) is 0. The average Bonchev–Trinajstić information content (AvgIpc) is 2.24. The van der Waals surface area contributed by atoms with Gasteiger partial charge < -0.3 is 5.73 Å². The van der Waals surface area contributed by atoms with Crippen molar-refractivity contribution in [3.05, 3.63) is 0 Å². The zero-order chi connectivity index (χ0) is 12.1. The van der Waals surface area contributed by atoms with Gasteiger partial charge in [0.2, 0.25) is 0 Å². The molecular weight excluding hydrogens is 196 g/mol. The van der Waals surface area contributed by atoms with Crippen LogP contribution in [0.4, 0.5) is 0 Å². The summed E-state index contributed by atoms with van der Waals surface area (Å²) in [5.74, 6) is 1.59. The molecule has 0 saturated carbocycles. The van der Waals surface area contributed by atoms with E-state index >= 15 is 0 Å². The van der Waals surface area contributed by atoms with Crippen LogP contribution in [-0.4, -0.2) is 30.1 Å². The third kappa shape index (κ3) is 3.46. The molecule has 16 heavy (non-hydrogen) atoms. The van der Waals surface area contributed by atoms with Gasteiger partial charge in [0.15, 0.2) is 0 Å². The topological polar surface area (TPSA) is 29.3 Å². The molecule has 1 aliphatic heterocycles. The first-order chi connectivity index (χ1) is 7.60. The molecule has 2 nitrogen and oxygen atoms in total. The van der Waals surface area contributed by atoms with Crippen molar-refractivity contribution >= 4 is 0 Å². The van der Waals surface area contributed by atoms with Crippen LogP contribution in [0.1, 0.15) is 53.4 Å². The molecule has 4 atom stereocenters. The predicted octanol–water partition coefficient (Wildman–Crippen LogP) is 2.87. The molecule has 96 valence electrons. The largest absolute Gasteiger partial charge is 0.329 e. The maximum absolute atomic E-state index is 6.00. The lowest BCUT2D eigenvalue weighted by atomic mass is 9.88. The standard InChI is InChI=1S/C14H30N2/c1-5-6-12(3)14(9-15)16-10-11(2)7-8-13(16)4/h11-14H,5-10,15H2,1-4H3. The highest BCUT2D eigenvalue weighted by atomic mass is 15.2. The molecule has 0 aliphatic carbocycles. The third-order valence-electron chi connectivity index (χ3n) is 4.23. The highest BCUT2D eigenvalue weighted by Gasteiger charge is 2.30. The van der Waals surface area contributed by atoms with E-state index in [4.69, 9.17) is 5.73 Å². The van der Waals surface area contributed by atoms with Crippen molar-refractivity contribution in [3.63, 3.8) is 0 Å². The summed E-state index contributed by atoms with van der Waals surface area (Å²) in [4.78, 5) is 2.68. The van der Waals surface area contributed by atoms with E-state index in [0.717, 1.165) is 24.4 Å².